The van der Waals surface area contributed by atoms with Crippen LogP contribution in [0.15, 0.2) is 0 Å². The van der Waals surface area contributed by atoms with E-state index in [9.17, 15) is 0 Å². The van der Waals surface area contributed by atoms with Gasteiger partial charge in [0.05, 0.1) is 0 Å². The Morgan fingerprint density at radius 2 is 1.71 bits per heavy atom. The number of likely N-dealkylation sites (tertiary alicyclic amines) is 1. The molecule has 1 saturated heterocycles. The third-order valence-electron chi connectivity index (χ3n) is 3.14. The Morgan fingerprint density at radius 3 is 2.07 bits per heavy atom. The van der Waals surface area contributed by atoms with Gasteiger partial charge in [0.25, 0.3) is 0 Å². The van der Waals surface area contributed by atoms with Crippen LogP contribution in [0, 0.1) is 5.92 Å². The maximum absolute atomic E-state index is 2.54. The van der Waals surface area contributed by atoms with Crippen LogP contribution in [0.4, 0.5) is 0 Å². The molecule has 2 unspecified atom stereocenters. The molecule has 1 rings (SSSR count). The lowest BCUT2D eigenvalue weighted by Gasteiger charge is -2.38. The van der Waals surface area contributed by atoms with E-state index in [1.165, 1.54) is 32.2 Å². The molecule has 1 heteroatoms. The van der Waals surface area contributed by atoms with Crippen LogP contribution in [0.25, 0.3) is 0 Å². The van der Waals surface area contributed by atoms with Crippen LogP contribution >= 0.6 is 0 Å². The summed E-state index contributed by atoms with van der Waals surface area (Å²) in [7, 11) is 2.27. The normalized spacial score (nSPS) is 27.2. The molecule has 1 nitrogen and oxygen atoms in total. The van der Waals surface area contributed by atoms with Gasteiger partial charge in [0.2, 0.25) is 0 Å². The molecule has 1 aliphatic rings. The summed E-state index contributed by atoms with van der Waals surface area (Å²) in [5, 5.41) is 0. The highest BCUT2D eigenvalue weighted by molar-refractivity contribution is 4.80. The van der Waals surface area contributed by atoms with E-state index < -0.39 is 0 Å². The van der Waals surface area contributed by atoms with E-state index in [1.54, 1.807) is 0 Å². The lowest BCUT2D eigenvalue weighted by molar-refractivity contribution is 0.114. The molecule has 0 saturated carbocycles. The second-order valence-corrected chi connectivity index (χ2v) is 3.77. The molecule has 0 spiro atoms. The third kappa shape index (κ3) is 4.45. The zero-order valence-corrected chi connectivity index (χ0v) is 10.1. The van der Waals surface area contributed by atoms with Crippen molar-refractivity contribution < 1.29 is 0 Å². The van der Waals surface area contributed by atoms with Gasteiger partial charge in [-0.3, -0.25) is 0 Å². The smallest absolute Gasteiger partial charge is 0.0118 e. The minimum Gasteiger partial charge on any atom is -0.303 e. The molecule has 88 valence electrons. The van der Waals surface area contributed by atoms with Crippen molar-refractivity contribution in [2.75, 3.05) is 13.6 Å². The second-order valence-electron chi connectivity index (χ2n) is 3.77. The van der Waals surface area contributed by atoms with Crippen LogP contribution in [0.1, 0.15) is 60.8 Å². The summed E-state index contributed by atoms with van der Waals surface area (Å²) < 4.78 is 0. The van der Waals surface area contributed by atoms with Crippen molar-refractivity contribution in [2.24, 2.45) is 5.92 Å². The molecule has 1 fully saturated rings. The minimum absolute atomic E-state index is 0. The Hall–Kier alpha value is -0.0400. The maximum Gasteiger partial charge on any atom is 0.0118 e. The molecule has 2 atom stereocenters. The van der Waals surface area contributed by atoms with E-state index in [0.717, 1.165) is 12.0 Å². The van der Waals surface area contributed by atoms with E-state index in [1.807, 2.05) is 13.8 Å². The summed E-state index contributed by atoms with van der Waals surface area (Å²) in [6.07, 6.45) is 5.56. The molecule has 0 N–H and O–H groups in total. The molecule has 0 aromatic heterocycles. The minimum atomic E-state index is 0. The third-order valence-corrected chi connectivity index (χ3v) is 3.14. The second kappa shape index (κ2) is 9.51. The first kappa shape index (κ1) is 16.4. The van der Waals surface area contributed by atoms with Gasteiger partial charge in [-0.1, -0.05) is 41.5 Å². The fourth-order valence-electron chi connectivity index (χ4n) is 2.44. The van der Waals surface area contributed by atoms with Gasteiger partial charge in [0.1, 0.15) is 0 Å². The monoisotopic (exact) mass is 201 g/mol. The SMILES string of the molecule is C.CC.CCC1CCCN(C)C1CC. The summed E-state index contributed by atoms with van der Waals surface area (Å²) in [5.74, 6) is 0.971. The Bertz CT molecular complexity index is 112. The van der Waals surface area contributed by atoms with Gasteiger partial charge in [-0.2, -0.15) is 0 Å². The molecule has 1 heterocycles. The molecule has 0 amide bonds. The lowest BCUT2D eigenvalue weighted by atomic mass is 9.86. The van der Waals surface area contributed by atoms with E-state index in [4.69, 9.17) is 0 Å². The predicted molar refractivity (Wildman–Crippen MR) is 67.8 cm³/mol. The van der Waals surface area contributed by atoms with Crippen LogP contribution < -0.4 is 0 Å². The predicted octanol–water partition coefficient (Wildman–Crippen LogP) is 4.18. The van der Waals surface area contributed by atoms with Crippen LogP contribution in [-0.4, -0.2) is 24.5 Å². The molecule has 0 aliphatic carbocycles. The van der Waals surface area contributed by atoms with Crippen LogP contribution in [0.5, 0.6) is 0 Å². The molecule has 1 aliphatic heterocycles. The summed E-state index contributed by atoms with van der Waals surface area (Å²) in [6, 6.07) is 0.869. The number of piperidine rings is 1. The topological polar surface area (TPSA) is 3.24 Å². The van der Waals surface area contributed by atoms with E-state index in [0.29, 0.717) is 0 Å². The van der Waals surface area contributed by atoms with Crippen molar-refractivity contribution in [3.05, 3.63) is 0 Å². The fraction of sp³-hybridized carbons (Fsp3) is 1.00. The molecule has 0 aromatic rings. The average molecular weight is 201 g/mol. The van der Waals surface area contributed by atoms with E-state index in [2.05, 4.69) is 25.8 Å². The molecule has 0 bridgehead atoms. The maximum atomic E-state index is 2.54. The summed E-state index contributed by atoms with van der Waals surface area (Å²) in [6.45, 7) is 9.96. The first-order chi connectivity index (χ1) is 6.29. The summed E-state index contributed by atoms with van der Waals surface area (Å²) >= 11 is 0. The average Bonchev–Trinajstić information content (AvgIpc) is 2.20. The van der Waals surface area contributed by atoms with Crippen LogP contribution in [0.3, 0.4) is 0 Å². The van der Waals surface area contributed by atoms with Gasteiger partial charge in [-0.15, -0.1) is 0 Å². The Labute approximate surface area is 91.9 Å². The first-order valence-corrected chi connectivity index (χ1v) is 5.99. The van der Waals surface area contributed by atoms with Crippen molar-refractivity contribution in [3.63, 3.8) is 0 Å². The Balaban J connectivity index is 0. The Kier molecular flexibility index (Phi) is 11.1. The molecular weight excluding hydrogens is 170 g/mol. The van der Waals surface area contributed by atoms with Gasteiger partial charge in [-0.05, 0) is 38.8 Å². The van der Waals surface area contributed by atoms with Gasteiger partial charge >= 0.3 is 0 Å². The zero-order chi connectivity index (χ0) is 10.3. The highest BCUT2D eigenvalue weighted by atomic mass is 15.1. The largest absolute Gasteiger partial charge is 0.303 e. The molecule has 14 heavy (non-hydrogen) atoms. The quantitative estimate of drug-likeness (QED) is 0.648. The van der Waals surface area contributed by atoms with Gasteiger partial charge < -0.3 is 4.90 Å². The van der Waals surface area contributed by atoms with Gasteiger partial charge in [-0.25, -0.2) is 0 Å². The van der Waals surface area contributed by atoms with Crippen molar-refractivity contribution >= 4 is 0 Å². The van der Waals surface area contributed by atoms with Crippen LogP contribution in [-0.2, 0) is 0 Å². The lowest BCUT2D eigenvalue weighted by Crippen LogP contribution is -2.41. The van der Waals surface area contributed by atoms with E-state index in [-0.39, 0.29) is 7.43 Å². The van der Waals surface area contributed by atoms with Crippen molar-refractivity contribution in [3.8, 4) is 0 Å². The number of hydrogen-bond donors (Lipinski definition) is 0. The van der Waals surface area contributed by atoms with E-state index >= 15 is 0 Å². The molecule has 0 radical (unpaired) electrons. The van der Waals surface area contributed by atoms with Crippen molar-refractivity contribution in [2.45, 2.75) is 66.8 Å². The Morgan fingerprint density at radius 1 is 1.14 bits per heavy atom. The number of nitrogens with zero attached hydrogens (tertiary/aromatic N) is 1. The van der Waals surface area contributed by atoms with Crippen molar-refractivity contribution in [1.29, 1.82) is 0 Å². The van der Waals surface area contributed by atoms with Crippen LogP contribution in [0.2, 0.25) is 0 Å². The molecular formula is C13H31N. The summed E-state index contributed by atoms with van der Waals surface area (Å²) in [4.78, 5) is 2.54. The first-order valence-electron chi connectivity index (χ1n) is 5.99. The van der Waals surface area contributed by atoms with Gasteiger partial charge in [0, 0.05) is 6.04 Å². The zero-order valence-electron chi connectivity index (χ0n) is 10.1. The number of hydrogen-bond acceptors (Lipinski definition) is 1. The summed E-state index contributed by atoms with van der Waals surface area (Å²) in [5.41, 5.74) is 0. The standard InChI is InChI=1S/C10H21N.C2H6.CH4/c1-4-9-7-6-8-11(3)10(9)5-2;1-2;/h9-10H,4-8H2,1-3H3;1-2H3;1H4. The molecule has 0 aromatic carbocycles. The fourth-order valence-corrected chi connectivity index (χ4v) is 2.44. The highest BCUT2D eigenvalue weighted by Gasteiger charge is 2.25. The van der Waals surface area contributed by atoms with Gasteiger partial charge in [0.15, 0.2) is 0 Å². The highest BCUT2D eigenvalue weighted by Crippen LogP contribution is 2.26. The van der Waals surface area contributed by atoms with Crippen molar-refractivity contribution in [1.82, 2.24) is 4.90 Å². The number of rotatable bonds is 2.